The van der Waals surface area contributed by atoms with Gasteiger partial charge in [0.1, 0.15) is 0 Å². The van der Waals surface area contributed by atoms with Gasteiger partial charge in [-0.2, -0.15) is 5.10 Å². The van der Waals surface area contributed by atoms with Crippen molar-refractivity contribution < 1.29 is 9.90 Å². The Morgan fingerprint density at radius 1 is 1.26 bits per heavy atom. The van der Waals surface area contributed by atoms with Crippen LogP contribution >= 0.6 is 0 Å². The van der Waals surface area contributed by atoms with Crippen LogP contribution in [0.3, 0.4) is 0 Å². The van der Waals surface area contributed by atoms with Gasteiger partial charge in [0, 0.05) is 29.2 Å². The van der Waals surface area contributed by atoms with E-state index in [2.05, 4.69) is 40.3 Å². The van der Waals surface area contributed by atoms with Gasteiger partial charge in [-0.25, -0.2) is 4.79 Å². The predicted octanol–water partition coefficient (Wildman–Crippen LogP) is 3.81. The normalized spacial score (nSPS) is 11.2. The molecule has 23 heavy (non-hydrogen) atoms. The SMILES string of the molecule is CCn1cc(/C=N/Nc2cccc(C(=O)O)c2)c2ccccc21. The highest BCUT2D eigenvalue weighted by atomic mass is 16.4. The van der Waals surface area contributed by atoms with Gasteiger partial charge in [-0.15, -0.1) is 0 Å². The number of aromatic nitrogens is 1. The largest absolute Gasteiger partial charge is 0.478 e. The van der Waals surface area contributed by atoms with Crippen LogP contribution in [-0.4, -0.2) is 21.9 Å². The van der Waals surface area contributed by atoms with Gasteiger partial charge in [-0.1, -0.05) is 24.3 Å². The van der Waals surface area contributed by atoms with Gasteiger partial charge < -0.3 is 9.67 Å². The third kappa shape index (κ3) is 3.08. The zero-order chi connectivity index (χ0) is 16.2. The lowest BCUT2D eigenvalue weighted by molar-refractivity contribution is 0.0697. The number of carboxylic acids is 1. The van der Waals surface area contributed by atoms with E-state index in [9.17, 15) is 4.79 Å². The van der Waals surface area contributed by atoms with Crippen LogP contribution in [0.1, 0.15) is 22.8 Å². The number of hydrogen-bond donors (Lipinski definition) is 2. The Labute approximate surface area is 133 Å². The molecule has 0 radical (unpaired) electrons. The third-order valence-corrected chi connectivity index (χ3v) is 3.67. The summed E-state index contributed by atoms with van der Waals surface area (Å²) in [6.07, 6.45) is 3.81. The maximum absolute atomic E-state index is 11.0. The first kappa shape index (κ1) is 14.8. The molecular formula is C18H17N3O2. The number of hydrogen-bond acceptors (Lipinski definition) is 3. The monoisotopic (exact) mass is 307 g/mol. The number of aromatic carboxylic acids is 1. The Morgan fingerprint density at radius 3 is 2.87 bits per heavy atom. The zero-order valence-corrected chi connectivity index (χ0v) is 12.7. The lowest BCUT2D eigenvalue weighted by atomic mass is 10.2. The van der Waals surface area contributed by atoms with Crippen LogP contribution in [0.2, 0.25) is 0 Å². The van der Waals surface area contributed by atoms with Gasteiger partial charge >= 0.3 is 5.97 Å². The predicted molar refractivity (Wildman–Crippen MR) is 92.2 cm³/mol. The van der Waals surface area contributed by atoms with Crippen LogP contribution < -0.4 is 5.43 Å². The van der Waals surface area contributed by atoms with Crippen LogP contribution in [-0.2, 0) is 6.54 Å². The molecule has 0 saturated heterocycles. The Morgan fingerprint density at radius 2 is 2.09 bits per heavy atom. The molecule has 2 aromatic carbocycles. The van der Waals surface area contributed by atoms with Crippen LogP contribution in [0, 0.1) is 0 Å². The molecule has 0 saturated carbocycles. The lowest BCUT2D eigenvalue weighted by Crippen LogP contribution is -1.97. The van der Waals surface area contributed by atoms with Crippen molar-refractivity contribution >= 4 is 28.8 Å². The number of fused-ring (bicyclic) bond motifs is 1. The molecule has 1 heterocycles. The Balaban J connectivity index is 1.84. The van der Waals surface area contributed by atoms with Crippen LogP contribution in [0.15, 0.2) is 59.8 Å². The topological polar surface area (TPSA) is 66.6 Å². The molecule has 0 fully saturated rings. The van der Waals surface area contributed by atoms with E-state index >= 15 is 0 Å². The summed E-state index contributed by atoms with van der Waals surface area (Å²) in [6, 6.07) is 14.7. The smallest absolute Gasteiger partial charge is 0.335 e. The van der Waals surface area contributed by atoms with E-state index in [1.54, 1.807) is 30.5 Å². The van der Waals surface area contributed by atoms with Gasteiger partial charge in [-0.05, 0) is 31.2 Å². The van der Waals surface area contributed by atoms with Crippen molar-refractivity contribution in [1.29, 1.82) is 0 Å². The van der Waals surface area contributed by atoms with Crippen molar-refractivity contribution in [2.75, 3.05) is 5.43 Å². The molecule has 0 bridgehead atoms. The molecule has 0 aliphatic heterocycles. The minimum absolute atomic E-state index is 0.229. The molecule has 0 spiro atoms. The first-order chi connectivity index (χ1) is 11.2. The summed E-state index contributed by atoms with van der Waals surface area (Å²) < 4.78 is 2.17. The van der Waals surface area contributed by atoms with E-state index < -0.39 is 5.97 Å². The number of nitrogens with zero attached hydrogens (tertiary/aromatic N) is 2. The minimum Gasteiger partial charge on any atom is -0.478 e. The van der Waals surface area contributed by atoms with E-state index in [-0.39, 0.29) is 5.56 Å². The number of benzene rings is 2. The Hall–Kier alpha value is -3.08. The van der Waals surface area contributed by atoms with Crippen molar-refractivity contribution in [3.63, 3.8) is 0 Å². The molecule has 2 N–H and O–H groups in total. The maximum Gasteiger partial charge on any atom is 0.335 e. The highest BCUT2D eigenvalue weighted by Gasteiger charge is 2.05. The van der Waals surface area contributed by atoms with Crippen molar-refractivity contribution in [3.05, 3.63) is 65.9 Å². The van der Waals surface area contributed by atoms with E-state index in [4.69, 9.17) is 5.11 Å². The summed E-state index contributed by atoms with van der Waals surface area (Å²) in [4.78, 5) is 11.0. The van der Waals surface area contributed by atoms with Crippen molar-refractivity contribution in [3.8, 4) is 0 Å². The fourth-order valence-corrected chi connectivity index (χ4v) is 2.54. The molecule has 5 heteroatoms. The van der Waals surface area contributed by atoms with Crippen LogP contribution in [0.4, 0.5) is 5.69 Å². The molecule has 3 rings (SSSR count). The Kier molecular flexibility index (Phi) is 4.10. The van der Waals surface area contributed by atoms with Crippen molar-refractivity contribution in [1.82, 2.24) is 4.57 Å². The average Bonchev–Trinajstić information content (AvgIpc) is 2.93. The summed E-state index contributed by atoms with van der Waals surface area (Å²) in [5.74, 6) is -0.955. The first-order valence-electron chi connectivity index (χ1n) is 7.39. The fraction of sp³-hybridized carbons (Fsp3) is 0.111. The van der Waals surface area contributed by atoms with Crippen molar-refractivity contribution in [2.24, 2.45) is 5.10 Å². The standard InChI is InChI=1S/C18H17N3O2/c1-2-21-12-14(16-8-3-4-9-17(16)21)11-19-20-15-7-5-6-13(10-15)18(22)23/h3-12,20H,2H2,1H3,(H,22,23)/b19-11+. The molecule has 3 aromatic rings. The second-order valence-corrected chi connectivity index (χ2v) is 5.14. The van der Waals surface area contributed by atoms with Gasteiger partial charge in [0.25, 0.3) is 0 Å². The molecule has 0 unspecified atom stereocenters. The molecule has 0 aliphatic carbocycles. The van der Waals surface area contributed by atoms with Crippen LogP contribution in [0.25, 0.3) is 10.9 Å². The summed E-state index contributed by atoms with van der Waals surface area (Å²) in [5.41, 5.74) is 5.93. The Bertz CT molecular complexity index is 881. The minimum atomic E-state index is -0.955. The average molecular weight is 307 g/mol. The molecule has 116 valence electrons. The highest BCUT2D eigenvalue weighted by molar-refractivity contribution is 5.99. The summed E-state index contributed by atoms with van der Waals surface area (Å²) >= 11 is 0. The lowest BCUT2D eigenvalue weighted by Gasteiger charge is -2.01. The second-order valence-electron chi connectivity index (χ2n) is 5.14. The summed E-state index contributed by atoms with van der Waals surface area (Å²) in [7, 11) is 0. The number of nitrogens with one attached hydrogen (secondary N) is 1. The number of carboxylic acid groups (broad SMARTS) is 1. The summed E-state index contributed by atoms with van der Waals surface area (Å²) in [6.45, 7) is 2.99. The number of rotatable bonds is 5. The summed E-state index contributed by atoms with van der Waals surface area (Å²) in [5, 5.41) is 14.4. The highest BCUT2D eigenvalue weighted by Crippen LogP contribution is 2.20. The number of para-hydroxylation sites is 1. The number of carbonyl (C=O) groups is 1. The van der Waals surface area contributed by atoms with E-state index in [0.29, 0.717) is 5.69 Å². The van der Waals surface area contributed by atoms with Gasteiger partial charge in [0.15, 0.2) is 0 Å². The van der Waals surface area contributed by atoms with E-state index in [0.717, 1.165) is 17.5 Å². The van der Waals surface area contributed by atoms with Gasteiger partial charge in [0.2, 0.25) is 0 Å². The second kappa shape index (κ2) is 6.36. The maximum atomic E-state index is 11.0. The molecule has 1 aromatic heterocycles. The van der Waals surface area contributed by atoms with E-state index in [1.807, 2.05) is 12.1 Å². The first-order valence-corrected chi connectivity index (χ1v) is 7.39. The fourth-order valence-electron chi connectivity index (χ4n) is 2.54. The molecule has 0 amide bonds. The van der Waals surface area contributed by atoms with Gasteiger partial charge in [-0.3, -0.25) is 5.43 Å². The molecule has 0 aliphatic rings. The molecule has 0 atom stereocenters. The molecular weight excluding hydrogens is 290 g/mol. The van der Waals surface area contributed by atoms with E-state index in [1.165, 1.54) is 5.52 Å². The quantitative estimate of drug-likeness (QED) is 0.556. The number of hydrazone groups is 1. The van der Waals surface area contributed by atoms with Crippen LogP contribution in [0.5, 0.6) is 0 Å². The zero-order valence-electron chi connectivity index (χ0n) is 12.7. The number of aryl methyl sites for hydroxylation is 1. The van der Waals surface area contributed by atoms with Gasteiger partial charge in [0.05, 0.1) is 17.5 Å². The third-order valence-electron chi connectivity index (χ3n) is 3.67. The molecule has 5 nitrogen and oxygen atoms in total. The van der Waals surface area contributed by atoms with Crippen molar-refractivity contribution in [2.45, 2.75) is 13.5 Å². The number of anilines is 1.